The molecule has 1 unspecified atom stereocenters. The molecule has 2 N–H and O–H groups in total. The van der Waals surface area contributed by atoms with E-state index in [9.17, 15) is 0 Å². The third-order valence-corrected chi connectivity index (χ3v) is 3.45. The monoisotopic (exact) mass is 255 g/mol. The molecule has 0 amide bonds. The van der Waals surface area contributed by atoms with Crippen molar-refractivity contribution in [3.63, 3.8) is 0 Å². The van der Waals surface area contributed by atoms with Crippen molar-refractivity contribution in [2.45, 2.75) is 18.9 Å². The van der Waals surface area contributed by atoms with Gasteiger partial charge in [-0.25, -0.2) is 0 Å². The molecule has 0 saturated carbocycles. The van der Waals surface area contributed by atoms with Crippen LogP contribution in [0.1, 0.15) is 12.8 Å². The minimum atomic E-state index is 0.0511. The molecule has 17 heavy (non-hydrogen) atoms. The second-order valence-corrected chi connectivity index (χ2v) is 4.76. The van der Waals surface area contributed by atoms with Crippen LogP contribution in [-0.2, 0) is 4.74 Å². The Morgan fingerprint density at radius 3 is 2.76 bits per heavy atom. The van der Waals surface area contributed by atoms with Crippen LogP contribution >= 0.6 is 11.6 Å². The van der Waals surface area contributed by atoms with Gasteiger partial charge in [0.25, 0.3) is 0 Å². The molecule has 1 aromatic rings. The zero-order chi connectivity index (χ0) is 12.1. The molecular formula is C13H18ClNO2. The summed E-state index contributed by atoms with van der Waals surface area (Å²) in [7, 11) is 0. The summed E-state index contributed by atoms with van der Waals surface area (Å²) < 4.78 is 11.0. The molecule has 3 nitrogen and oxygen atoms in total. The van der Waals surface area contributed by atoms with Crippen LogP contribution in [-0.4, -0.2) is 25.9 Å². The molecule has 0 aromatic heterocycles. The largest absolute Gasteiger partial charge is 0.490 e. The second-order valence-electron chi connectivity index (χ2n) is 4.36. The predicted molar refractivity (Wildman–Crippen MR) is 68.5 cm³/mol. The quantitative estimate of drug-likeness (QED) is 0.899. The van der Waals surface area contributed by atoms with Gasteiger partial charge in [-0.1, -0.05) is 23.7 Å². The van der Waals surface area contributed by atoms with E-state index >= 15 is 0 Å². The first kappa shape index (κ1) is 12.7. The summed E-state index contributed by atoms with van der Waals surface area (Å²) in [4.78, 5) is 0. The van der Waals surface area contributed by atoms with Gasteiger partial charge in [0, 0.05) is 19.3 Å². The molecule has 0 aliphatic carbocycles. The molecule has 2 rings (SSSR count). The van der Waals surface area contributed by atoms with Crippen molar-refractivity contribution >= 4 is 11.6 Å². The Bertz CT molecular complexity index is 353. The van der Waals surface area contributed by atoms with Gasteiger partial charge < -0.3 is 15.2 Å². The SMILES string of the molecule is NC(COc1ccccc1Cl)C1CCOCC1. The van der Waals surface area contributed by atoms with E-state index in [-0.39, 0.29) is 6.04 Å². The number of nitrogens with two attached hydrogens (primary N) is 1. The van der Waals surface area contributed by atoms with Crippen LogP contribution in [0.15, 0.2) is 24.3 Å². The number of para-hydroxylation sites is 1. The van der Waals surface area contributed by atoms with E-state index in [2.05, 4.69) is 0 Å². The van der Waals surface area contributed by atoms with Gasteiger partial charge in [-0.05, 0) is 30.9 Å². The van der Waals surface area contributed by atoms with Crippen molar-refractivity contribution in [3.05, 3.63) is 29.3 Å². The maximum Gasteiger partial charge on any atom is 0.137 e. The second kappa shape index (κ2) is 6.24. The van der Waals surface area contributed by atoms with Gasteiger partial charge in [0.1, 0.15) is 12.4 Å². The van der Waals surface area contributed by atoms with Crippen molar-refractivity contribution < 1.29 is 9.47 Å². The van der Waals surface area contributed by atoms with Crippen molar-refractivity contribution in [2.75, 3.05) is 19.8 Å². The van der Waals surface area contributed by atoms with Crippen molar-refractivity contribution in [1.82, 2.24) is 0 Å². The summed E-state index contributed by atoms with van der Waals surface area (Å²) in [5, 5.41) is 0.631. The topological polar surface area (TPSA) is 44.5 Å². The number of ether oxygens (including phenoxy) is 2. The summed E-state index contributed by atoms with van der Waals surface area (Å²) >= 11 is 6.01. The lowest BCUT2D eigenvalue weighted by Gasteiger charge is -2.27. The van der Waals surface area contributed by atoms with Crippen molar-refractivity contribution in [3.8, 4) is 5.75 Å². The fraction of sp³-hybridized carbons (Fsp3) is 0.538. The highest BCUT2D eigenvalue weighted by atomic mass is 35.5. The summed E-state index contributed by atoms with van der Waals surface area (Å²) in [5.74, 6) is 1.20. The van der Waals surface area contributed by atoms with Gasteiger partial charge in [-0.3, -0.25) is 0 Å². The third-order valence-electron chi connectivity index (χ3n) is 3.14. The molecule has 4 heteroatoms. The normalized spacial score (nSPS) is 18.9. The minimum absolute atomic E-state index is 0.0511. The van der Waals surface area contributed by atoms with Crippen LogP contribution in [0.3, 0.4) is 0 Å². The fourth-order valence-corrected chi connectivity index (χ4v) is 2.22. The highest BCUT2D eigenvalue weighted by Crippen LogP contribution is 2.24. The number of hydrogen-bond acceptors (Lipinski definition) is 3. The molecule has 0 radical (unpaired) electrons. The molecule has 1 heterocycles. The van der Waals surface area contributed by atoms with E-state index in [4.69, 9.17) is 26.8 Å². The first-order valence-electron chi connectivity index (χ1n) is 5.98. The van der Waals surface area contributed by atoms with Crippen molar-refractivity contribution in [2.24, 2.45) is 11.7 Å². The maximum absolute atomic E-state index is 6.12. The predicted octanol–water partition coefficient (Wildman–Crippen LogP) is 2.47. The van der Waals surface area contributed by atoms with Gasteiger partial charge in [0.15, 0.2) is 0 Å². The average molecular weight is 256 g/mol. The van der Waals surface area contributed by atoms with E-state index in [0.717, 1.165) is 26.1 Å². The Morgan fingerprint density at radius 1 is 1.35 bits per heavy atom. The average Bonchev–Trinajstić information content (AvgIpc) is 2.38. The van der Waals surface area contributed by atoms with Gasteiger partial charge >= 0.3 is 0 Å². The first-order chi connectivity index (χ1) is 8.27. The highest BCUT2D eigenvalue weighted by molar-refractivity contribution is 6.32. The Labute approximate surface area is 107 Å². The van der Waals surface area contributed by atoms with Crippen LogP contribution in [0.4, 0.5) is 0 Å². The van der Waals surface area contributed by atoms with E-state index in [1.165, 1.54) is 0 Å². The van der Waals surface area contributed by atoms with Crippen LogP contribution in [0.25, 0.3) is 0 Å². The molecule has 1 aliphatic rings. The number of benzene rings is 1. The zero-order valence-electron chi connectivity index (χ0n) is 9.77. The van der Waals surface area contributed by atoms with E-state index < -0.39 is 0 Å². The molecule has 1 fully saturated rings. The lowest BCUT2D eigenvalue weighted by Crippen LogP contribution is -2.38. The van der Waals surface area contributed by atoms with Crippen LogP contribution in [0.2, 0.25) is 5.02 Å². The molecule has 1 atom stereocenters. The van der Waals surface area contributed by atoms with Crippen LogP contribution in [0.5, 0.6) is 5.75 Å². The lowest BCUT2D eigenvalue weighted by atomic mass is 9.93. The Morgan fingerprint density at radius 2 is 2.06 bits per heavy atom. The van der Waals surface area contributed by atoms with E-state index in [0.29, 0.717) is 23.3 Å². The molecule has 94 valence electrons. The molecule has 0 spiro atoms. The summed E-state index contributed by atoms with van der Waals surface area (Å²) in [6.45, 7) is 2.13. The van der Waals surface area contributed by atoms with Gasteiger partial charge in [0.05, 0.1) is 5.02 Å². The van der Waals surface area contributed by atoms with Gasteiger partial charge in [-0.15, -0.1) is 0 Å². The maximum atomic E-state index is 6.12. The molecule has 0 bridgehead atoms. The third kappa shape index (κ3) is 3.60. The highest BCUT2D eigenvalue weighted by Gasteiger charge is 2.21. The van der Waals surface area contributed by atoms with E-state index in [1.807, 2.05) is 24.3 Å². The molecular weight excluding hydrogens is 238 g/mol. The Hall–Kier alpha value is -0.770. The van der Waals surface area contributed by atoms with Crippen LogP contribution in [0, 0.1) is 5.92 Å². The zero-order valence-corrected chi connectivity index (χ0v) is 10.5. The van der Waals surface area contributed by atoms with Crippen molar-refractivity contribution in [1.29, 1.82) is 0 Å². The van der Waals surface area contributed by atoms with Gasteiger partial charge in [-0.2, -0.15) is 0 Å². The summed E-state index contributed by atoms with van der Waals surface area (Å²) in [6, 6.07) is 7.51. The van der Waals surface area contributed by atoms with Crippen LogP contribution < -0.4 is 10.5 Å². The summed E-state index contributed by atoms with van der Waals surface area (Å²) in [5.41, 5.74) is 6.12. The number of halogens is 1. The smallest absolute Gasteiger partial charge is 0.137 e. The Kier molecular flexibility index (Phi) is 4.66. The standard InChI is InChI=1S/C13H18ClNO2/c14-11-3-1-2-4-13(11)17-9-12(15)10-5-7-16-8-6-10/h1-4,10,12H,5-9,15H2. The Balaban J connectivity index is 1.83. The van der Waals surface area contributed by atoms with E-state index in [1.54, 1.807) is 0 Å². The molecule has 1 saturated heterocycles. The molecule has 1 aromatic carbocycles. The fourth-order valence-electron chi connectivity index (χ4n) is 2.03. The minimum Gasteiger partial charge on any atom is -0.490 e. The van der Waals surface area contributed by atoms with Gasteiger partial charge in [0.2, 0.25) is 0 Å². The molecule has 1 aliphatic heterocycles. The number of hydrogen-bond donors (Lipinski definition) is 1. The summed E-state index contributed by atoms with van der Waals surface area (Å²) in [6.07, 6.45) is 2.04. The first-order valence-corrected chi connectivity index (χ1v) is 6.36. The number of rotatable bonds is 4. The lowest BCUT2D eigenvalue weighted by molar-refractivity contribution is 0.0522.